The van der Waals surface area contributed by atoms with Crippen molar-refractivity contribution in [3.63, 3.8) is 0 Å². The molecule has 1 aromatic carbocycles. The number of ether oxygens (including phenoxy) is 2. The number of unbranched alkanes of at least 4 members (excludes halogenated alkanes) is 2. The summed E-state index contributed by atoms with van der Waals surface area (Å²) in [5.74, 6) is 9.94. The minimum absolute atomic E-state index is 0.0821. The Bertz CT molecular complexity index is 926. The summed E-state index contributed by atoms with van der Waals surface area (Å²) in [4.78, 5) is 47.3. The highest BCUT2D eigenvalue weighted by Gasteiger charge is 2.30. The van der Waals surface area contributed by atoms with Crippen LogP contribution in [0.3, 0.4) is 0 Å². The summed E-state index contributed by atoms with van der Waals surface area (Å²) in [6.07, 6.45) is 1.86. The first-order valence-corrected chi connectivity index (χ1v) is 9.59. The van der Waals surface area contributed by atoms with Crippen LogP contribution in [0.25, 0.3) is 0 Å². The van der Waals surface area contributed by atoms with Crippen molar-refractivity contribution in [2.45, 2.75) is 39.5 Å². The van der Waals surface area contributed by atoms with Gasteiger partial charge in [0.2, 0.25) is 11.6 Å². The molecule has 6 heteroatoms. The van der Waals surface area contributed by atoms with E-state index in [0.29, 0.717) is 36.8 Å². The lowest BCUT2D eigenvalue weighted by molar-refractivity contribution is -0.141. The van der Waals surface area contributed by atoms with Crippen LogP contribution in [-0.4, -0.2) is 36.7 Å². The molecule has 2 rings (SSSR count). The van der Waals surface area contributed by atoms with Gasteiger partial charge >= 0.3 is 11.9 Å². The molecule has 0 aromatic heterocycles. The molecule has 0 spiro atoms. The Hall–Kier alpha value is -3.64. The van der Waals surface area contributed by atoms with E-state index in [2.05, 4.69) is 23.7 Å². The molecule has 0 heterocycles. The molecule has 1 aliphatic rings. The monoisotopic (exact) mass is 406 g/mol. The molecule has 0 unspecified atom stereocenters. The maximum Gasteiger partial charge on any atom is 0.302 e. The van der Waals surface area contributed by atoms with Crippen LogP contribution in [0.5, 0.6) is 0 Å². The van der Waals surface area contributed by atoms with Gasteiger partial charge in [-0.25, -0.2) is 0 Å². The van der Waals surface area contributed by atoms with E-state index >= 15 is 0 Å². The number of esters is 2. The van der Waals surface area contributed by atoms with E-state index in [4.69, 9.17) is 9.47 Å². The number of benzene rings is 1. The Morgan fingerprint density at radius 3 is 1.53 bits per heavy atom. The first kappa shape index (κ1) is 22.6. The summed E-state index contributed by atoms with van der Waals surface area (Å²) in [5, 5.41) is 0. The Morgan fingerprint density at radius 1 is 0.767 bits per heavy atom. The van der Waals surface area contributed by atoms with Crippen molar-refractivity contribution in [2.75, 3.05) is 13.2 Å². The number of hydrogen-bond donors (Lipinski definition) is 0. The fraction of sp³-hybridized carbons (Fsp3) is 0.333. The van der Waals surface area contributed by atoms with Gasteiger partial charge < -0.3 is 9.47 Å². The van der Waals surface area contributed by atoms with Gasteiger partial charge in [-0.15, -0.1) is 0 Å². The van der Waals surface area contributed by atoms with Crippen molar-refractivity contribution in [2.24, 2.45) is 0 Å². The molecule has 0 amide bonds. The molecular weight excluding hydrogens is 384 g/mol. The molecule has 0 saturated heterocycles. The lowest BCUT2D eigenvalue weighted by Crippen LogP contribution is -2.20. The van der Waals surface area contributed by atoms with Gasteiger partial charge in [-0.2, -0.15) is 0 Å². The average molecular weight is 406 g/mol. The predicted octanol–water partition coefficient (Wildman–Crippen LogP) is 3.06. The van der Waals surface area contributed by atoms with Crippen LogP contribution >= 0.6 is 0 Å². The highest BCUT2D eigenvalue weighted by Crippen LogP contribution is 2.25. The fourth-order valence-electron chi connectivity index (χ4n) is 2.67. The van der Waals surface area contributed by atoms with Gasteiger partial charge in [0.1, 0.15) is 0 Å². The molecule has 0 saturated carbocycles. The van der Waals surface area contributed by atoms with Gasteiger partial charge in [0.25, 0.3) is 0 Å². The molecule has 0 radical (unpaired) electrons. The maximum absolute atomic E-state index is 12.9. The molecule has 0 aliphatic heterocycles. The second-order valence-electron chi connectivity index (χ2n) is 6.44. The SMILES string of the molecule is CC(=O)OCCCC#CC1=C(C#CCCCOC(C)=O)C(=O)c2ccccc2C1=O. The largest absolute Gasteiger partial charge is 0.466 e. The van der Waals surface area contributed by atoms with Crippen LogP contribution in [0.2, 0.25) is 0 Å². The Balaban J connectivity index is 2.20. The number of Topliss-reactive ketones (excluding diaryl/α,β-unsaturated/α-hetero) is 2. The summed E-state index contributed by atoms with van der Waals surface area (Å²) in [6.45, 7) is 3.15. The number of carbonyl (C=O) groups is 4. The van der Waals surface area contributed by atoms with Crippen molar-refractivity contribution >= 4 is 23.5 Å². The maximum atomic E-state index is 12.9. The Kier molecular flexibility index (Phi) is 8.59. The zero-order chi connectivity index (χ0) is 21.9. The lowest BCUT2D eigenvalue weighted by Gasteiger charge is -2.14. The number of fused-ring (bicyclic) bond motifs is 1. The van der Waals surface area contributed by atoms with Gasteiger partial charge in [0, 0.05) is 37.8 Å². The lowest BCUT2D eigenvalue weighted by atomic mass is 9.84. The third-order valence-corrected chi connectivity index (χ3v) is 4.05. The molecule has 0 atom stereocenters. The first-order chi connectivity index (χ1) is 14.4. The second kappa shape index (κ2) is 11.4. The van der Waals surface area contributed by atoms with Crippen LogP contribution in [0.1, 0.15) is 60.2 Å². The second-order valence-corrected chi connectivity index (χ2v) is 6.44. The summed E-state index contributed by atoms with van der Waals surface area (Å²) in [6, 6.07) is 6.59. The highest BCUT2D eigenvalue weighted by molar-refractivity contribution is 6.30. The first-order valence-electron chi connectivity index (χ1n) is 9.59. The number of carbonyl (C=O) groups excluding carboxylic acids is 4. The van der Waals surface area contributed by atoms with Crippen LogP contribution in [0, 0.1) is 23.7 Å². The standard InChI is InChI=1S/C24H22O6/c1-17(25)29-15-9-3-5-11-19-20(12-6-4-10-16-30-18(2)26)24(28)22-14-8-7-13-21(22)23(19)27/h7-8,13-14H,3-4,9-10,15-16H2,1-2H3. The summed E-state index contributed by atoms with van der Waals surface area (Å²) < 4.78 is 9.69. The van der Waals surface area contributed by atoms with E-state index in [-0.39, 0.29) is 47.9 Å². The molecule has 1 aliphatic carbocycles. The van der Waals surface area contributed by atoms with E-state index in [1.807, 2.05) is 0 Å². The summed E-state index contributed by atoms with van der Waals surface area (Å²) >= 11 is 0. The molecule has 154 valence electrons. The normalized spacial score (nSPS) is 12.2. The van der Waals surface area contributed by atoms with Crippen LogP contribution in [0.15, 0.2) is 35.4 Å². The quantitative estimate of drug-likeness (QED) is 0.410. The average Bonchev–Trinajstić information content (AvgIpc) is 2.71. The molecular formula is C24H22O6. The molecule has 0 fully saturated rings. The van der Waals surface area contributed by atoms with Gasteiger partial charge in [0.15, 0.2) is 0 Å². The fourth-order valence-corrected chi connectivity index (χ4v) is 2.67. The third-order valence-electron chi connectivity index (χ3n) is 4.05. The number of allylic oxidation sites excluding steroid dienone is 2. The van der Waals surface area contributed by atoms with Crippen LogP contribution < -0.4 is 0 Å². The van der Waals surface area contributed by atoms with E-state index in [1.165, 1.54) is 13.8 Å². The zero-order valence-corrected chi connectivity index (χ0v) is 17.0. The van der Waals surface area contributed by atoms with E-state index in [0.717, 1.165) is 0 Å². The van der Waals surface area contributed by atoms with E-state index < -0.39 is 0 Å². The molecule has 0 bridgehead atoms. The predicted molar refractivity (Wildman–Crippen MR) is 109 cm³/mol. The van der Waals surface area contributed by atoms with Gasteiger partial charge in [-0.1, -0.05) is 47.9 Å². The number of rotatable bonds is 6. The van der Waals surface area contributed by atoms with Crippen molar-refractivity contribution in [1.29, 1.82) is 0 Å². The molecule has 30 heavy (non-hydrogen) atoms. The van der Waals surface area contributed by atoms with Crippen molar-refractivity contribution in [1.82, 2.24) is 0 Å². The Labute approximate surface area is 175 Å². The van der Waals surface area contributed by atoms with Crippen molar-refractivity contribution < 1.29 is 28.7 Å². The van der Waals surface area contributed by atoms with Gasteiger partial charge in [-0.3, -0.25) is 19.2 Å². The van der Waals surface area contributed by atoms with E-state index in [1.54, 1.807) is 24.3 Å². The van der Waals surface area contributed by atoms with E-state index in [9.17, 15) is 19.2 Å². The molecule has 0 N–H and O–H groups in total. The summed E-state index contributed by atoms with van der Waals surface area (Å²) in [7, 11) is 0. The number of hydrogen-bond acceptors (Lipinski definition) is 6. The van der Waals surface area contributed by atoms with Gasteiger partial charge in [-0.05, 0) is 12.8 Å². The van der Waals surface area contributed by atoms with Gasteiger partial charge in [0.05, 0.1) is 24.4 Å². The molecule has 1 aromatic rings. The minimum Gasteiger partial charge on any atom is -0.466 e. The topological polar surface area (TPSA) is 86.7 Å². The number of ketones is 2. The smallest absolute Gasteiger partial charge is 0.302 e. The summed E-state index contributed by atoms with van der Waals surface area (Å²) in [5.41, 5.74) is 0.789. The molecule has 6 nitrogen and oxygen atoms in total. The third kappa shape index (κ3) is 6.46. The Morgan fingerprint density at radius 2 is 1.17 bits per heavy atom. The van der Waals surface area contributed by atoms with Crippen molar-refractivity contribution in [3.8, 4) is 23.7 Å². The van der Waals surface area contributed by atoms with Crippen LogP contribution in [0.4, 0.5) is 0 Å². The highest BCUT2D eigenvalue weighted by atomic mass is 16.5. The minimum atomic E-state index is -0.360. The van der Waals surface area contributed by atoms with Crippen LogP contribution in [-0.2, 0) is 19.1 Å². The zero-order valence-electron chi connectivity index (χ0n) is 17.0. The van der Waals surface area contributed by atoms with Crippen molar-refractivity contribution in [3.05, 3.63) is 46.5 Å².